The number of hydrogen-bond donors (Lipinski definition) is 1. The molecule has 1 N–H and O–H groups in total. The number of ether oxygens (including phenoxy) is 1. The molecule has 0 aliphatic heterocycles. The molecule has 2 rings (SSSR count). The van der Waals surface area contributed by atoms with Crippen molar-refractivity contribution in [1.82, 2.24) is 0 Å². The Morgan fingerprint density at radius 1 is 1.10 bits per heavy atom. The number of benzene rings is 2. The van der Waals surface area contributed by atoms with Crippen molar-refractivity contribution in [1.29, 1.82) is 0 Å². The largest absolute Gasteiger partial charge is 0.497 e. The highest BCUT2D eigenvalue weighted by Crippen LogP contribution is 2.14. The van der Waals surface area contributed by atoms with E-state index in [9.17, 15) is 13.6 Å². The summed E-state index contributed by atoms with van der Waals surface area (Å²) in [6, 6.07) is 10.3. The van der Waals surface area contributed by atoms with Crippen LogP contribution in [0.3, 0.4) is 0 Å². The first-order valence-corrected chi connectivity index (χ1v) is 6.16. The van der Waals surface area contributed by atoms with Gasteiger partial charge in [0, 0.05) is 17.8 Å². The van der Waals surface area contributed by atoms with Crippen LogP contribution in [0.2, 0.25) is 0 Å². The first kappa shape index (κ1) is 14.7. The molecule has 21 heavy (non-hydrogen) atoms. The van der Waals surface area contributed by atoms with Gasteiger partial charge in [-0.15, -0.1) is 0 Å². The number of carbonyl (C=O) groups is 1. The summed E-state index contributed by atoms with van der Waals surface area (Å²) in [6.07, 6.45) is 2.91. The minimum atomic E-state index is -1.01. The van der Waals surface area contributed by atoms with E-state index in [0.29, 0.717) is 0 Å². The Morgan fingerprint density at radius 2 is 1.81 bits per heavy atom. The van der Waals surface area contributed by atoms with Gasteiger partial charge in [0.15, 0.2) is 11.6 Å². The third-order valence-electron chi connectivity index (χ3n) is 2.73. The minimum absolute atomic E-state index is 0.193. The molecule has 108 valence electrons. The van der Waals surface area contributed by atoms with Crippen LogP contribution >= 0.6 is 0 Å². The first-order chi connectivity index (χ1) is 10.1. The maximum Gasteiger partial charge on any atom is 0.248 e. The van der Waals surface area contributed by atoms with Gasteiger partial charge in [-0.25, -0.2) is 8.78 Å². The highest BCUT2D eigenvalue weighted by atomic mass is 19.2. The van der Waals surface area contributed by atoms with Gasteiger partial charge in [-0.3, -0.25) is 4.79 Å². The van der Waals surface area contributed by atoms with Crippen molar-refractivity contribution in [2.75, 3.05) is 12.4 Å². The van der Waals surface area contributed by atoms with Gasteiger partial charge in [-0.2, -0.15) is 0 Å². The third kappa shape index (κ3) is 4.14. The van der Waals surface area contributed by atoms with E-state index in [1.807, 2.05) is 0 Å². The molecule has 0 saturated heterocycles. The molecule has 0 radical (unpaired) electrons. The second kappa shape index (κ2) is 6.65. The van der Waals surface area contributed by atoms with E-state index in [1.54, 1.807) is 37.5 Å². The number of nitrogens with one attached hydrogen (secondary N) is 1. The zero-order chi connectivity index (χ0) is 15.2. The molecule has 0 saturated carbocycles. The van der Waals surface area contributed by atoms with Gasteiger partial charge < -0.3 is 10.1 Å². The Labute approximate surface area is 120 Å². The summed E-state index contributed by atoms with van der Waals surface area (Å²) in [4.78, 5) is 11.7. The number of methoxy groups -OCH3 is 1. The lowest BCUT2D eigenvalue weighted by Gasteiger charge is -2.02. The van der Waals surface area contributed by atoms with Crippen LogP contribution in [0.4, 0.5) is 14.5 Å². The first-order valence-electron chi connectivity index (χ1n) is 6.16. The second-order valence-electron chi connectivity index (χ2n) is 4.22. The number of carbonyl (C=O) groups excluding carboxylic acids is 1. The fourth-order valence-corrected chi connectivity index (χ4v) is 1.64. The Balaban J connectivity index is 1.99. The number of anilines is 1. The van der Waals surface area contributed by atoms with Crippen LogP contribution in [0, 0.1) is 11.6 Å². The average Bonchev–Trinajstić information content (AvgIpc) is 2.49. The summed E-state index contributed by atoms with van der Waals surface area (Å²) in [7, 11) is 1.57. The molecule has 0 aromatic heterocycles. The van der Waals surface area contributed by atoms with Crippen molar-refractivity contribution < 1.29 is 18.3 Å². The van der Waals surface area contributed by atoms with Crippen LogP contribution in [0.1, 0.15) is 5.56 Å². The lowest BCUT2D eigenvalue weighted by Crippen LogP contribution is -2.08. The molecule has 2 aromatic carbocycles. The van der Waals surface area contributed by atoms with Crippen LogP contribution in [-0.2, 0) is 4.79 Å². The van der Waals surface area contributed by atoms with E-state index in [4.69, 9.17) is 4.74 Å². The lowest BCUT2D eigenvalue weighted by molar-refractivity contribution is -0.111. The summed E-state index contributed by atoms with van der Waals surface area (Å²) >= 11 is 0. The molecule has 2 aromatic rings. The zero-order valence-electron chi connectivity index (χ0n) is 11.3. The summed E-state index contributed by atoms with van der Waals surface area (Å²) in [6.45, 7) is 0. The Kier molecular flexibility index (Phi) is 4.66. The zero-order valence-corrected chi connectivity index (χ0v) is 11.3. The standard InChI is InChI=1S/C16H13F2NO2/c1-21-13-6-2-11(3-7-13)4-9-16(20)19-12-5-8-14(17)15(18)10-12/h2-10H,1H3,(H,19,20). The summed E-state index contributed by atoms with van der Waals surface area (Å²) in [5, 5.41) is 2.45. The topological polar surface area (TPSA) is 38.3 Å². The number of rotatable bonds is 4. The molecular weight excluding hydrogens is 276 g/mol. The number of hydrogen-bond acceptors (Lipinski definition) is 2. The van der Waals surface area contributed by atoms with Gasteiger partial charge in [-0.05, 0) is 35.9 Å². The molecule has 0 bridgehead atoms. The van der Waals surface area contributed by atoms with Crippen molar-refractivity contribution >= 4 is 17.7 Å². The summed E-state index contributed by atoms with van der Waals surface area (Å²) in [5.74, 6) is -1.68. The molecule has 0 fully saturated rings. The summed E-state index contributed by atoms with van der Waals surface area (Å²) < 4.78 is 30.8. The van der Waals surface area contributed by atoms with Crippen molar-refractivity contribution in [2.24, 2.45) is 0 Å². The van der Waals surface area contributed by atoms with E-state index in [1.165, 1.54) is 12.1 Å². The molecular formula is C16H13F2NO2. The van der Waals surface area contributed by atoms with Gasteiger partial charge in [0.25, 0.3) is 0 Å². The maximum absolute atomic E-state index is 13.0. The summed E-state index contributed by atoms with van der Waals surface area (Å²) in [5.41, 5.74) is 1.01. The molecule has 5 heteroatoms. The van der Waals surface area contributed by atoms with Crippen LogP contribution in [0.15, 0.2) is 48.5 Å². The predicted molar refractivity (Wildman–Crippen MR) is 77.0 cm³/mol. The SMILES string of the molecule is COc1ccc(C=CC(=O)Nc2ccc(F)c(F)c2)cc1. The van der Waals surface area contributed by atoms with Crippen LogP contribution in [0.25, 0.3) is 6.08 Å². The lowest BCUT2D eigenvalue weighted by atomic mass is 10.2. The van der Waals surface area contributed by atoms with E-state index in [2.05, 4.69) is 5.32 Å². The number of amides is 1. The van der Waals surface area contributed by atoms with Gasteiger partial charge >= 0.3 is 0 Å². The quantitative estimate of drug-likeness (QED) is 0.873. The molecule has 3 nitrogen and oxygen atoms in total. The smallest absolute Gasteiger partial charge is 0.248 e. The van der Waals surface area contributed by atoms with Gasteiger partial charge in [0.2, 0.25) is 5.91 Å². The van der Waals surface area contributed by atoms with Crippen LogP contribution in [-0.4, -0.2) is 13.0 Å². The molecule has 0 spiro atoms. The Bertz CT molecular complexity index is 666. The molecule has 0 atom stereocenters. The second-order valence-corrected chi connectivity index (χ2v) is 4.22. The minimum Gasteiger partial charge on any atom is -0.497 e. The molecule has 0 aliphatic carbocycles. The van der Waals surface area contributed by atoms with Crippen LogP contribution in [0.5, 0.6) is 5.75 Å². The fraction of sp³-hybridized carbons (Fsp3) is 0.0625. The maximum atomic E-state index is 13.0. The number of halogens is 2. The molecule has 0 unspecified atom stereocenters. The third-order valence-corrected chi connectivity index (χ3v) is 2.73. The monoisotopic (exact) mass is 289 g/mol. The molecule has 1 amide bonds. The van der Waals surface area contributed by atoms with Crippen molar-refractivity contribution in [3.8, 4) is 5.75 Å². The fourth-order valence-electron chi connectivity index (χ4n) is 1.64. The highest BCUT2D eigenvalue weighted by molar-refractivity contribution is 6.01. The Morgan fingerprint density at radius 3 is 2.43 bits per heavy atom. The van der Waals surface area contributed by atoms with Gasteiger partial charge in [-0.1, -0.05) is 12.1 Å². The van der Waals surface area contributed by atoms with Crippen LogP contribution < -0.4 is 10.1 Å². The van der Waals surface area contributed by atoms with E-state index < -0.39 is 17.5 Å². The van der Waals surface area contributed by atoms with Gasteiger partial charge in [0.05, 0.1) is 7.11 Å². The Hall–Kier alpha value is -2.69. The highest BCUT2D eigenvalue weighted by Gasteiger charge is 2.04. The van der Waals surface area contributed by atoms with Crippen molar-refractivity contribution in [3.05, 3.63) is 65.7 Å². The van der Waals surface area contributed by atoms with E-state index >= 15 is 0 Å². The normalized spacial score (nSPS) is 10.6. The molecule has 0 heterocycles. The predicted octanol–water partition coefficient (Wildman–Crippen LogP) is 3.63. The van der Waals surface area contributed by atoms with E-state index in [-0.39, 0.29) is 5.69 Å². The van der Waals surface area contributed by atoms with E-state index in [0.717, 1.165) is 23.4 Å². The van der Waals surface area contributed by atoms with Crippen molar-refractivity contribution in [3.63, 3.8) is 0 Å². The van der Waals surface area contributed by atoms with Crippen molar-refractivity contribution in [2.45, 2.75) is 0 Å². The molecule has 0 aliphatic rings. The van der Waals surface area contributed by atoms with Gasteiger partial charge in [0.1, 0.15) is 5.75 Å². The average molecular weight is 289 g/mol.